The van der Waals surface area contributed by atoms with E-state index in [-0.39, 0.29) is 0 Å². The summed E-state index contributed by atoms with van der Waals surface area (Å²) in [5, 5.41) is 8.75. The van der Waals surface area contributed by atoms with Crippen molar-refractivity contribution in [2.24, 2.45) is 11.8 Å². The van der Waals surface area contributed by atoms with Crippen molar-refractivity contribution in [2.75, 3.05) is 19.5 Å². The standard InChI is InChI=1S/C13H22ClNO2/c1-15(13(16)17)10-8-12-6-4-11(5-7-12)3-2-9-14/h2-3,11-12H,4-10H2,1H3,(H,16,17). The molecule has 4 heteroatoms. The number of carboxylic acid groups (broad SMARTS) is 1. The average molecular weight is 260 g/mol. The molecule has 1 N–H and O–H groups in total. The van der Waals surface area contributed by atoms with E-state index in [1.165, 1.54) is 30.6 Å². The number of hydrogen-bond donors (Lipinski definition) is 1. The van der Waals surface area contributed by atoms with Crippen molar-refractivity contribution < 1.29 is 9.90 Å². The molecular weight excluding hydrogens is 238 g/mol. The lowest BCUT2D eigenvalue weighted by molar-refractivity contribution is 0.150. The zero-order chi connectivity index (χ0) is 12.7. The second-order valence-electron chi connectivity index (χ2n) is 4.86. The smallest absolute Gasteiger partial charge is 0.407 e. The summed E-state index contributed by atoms with van der Waals surface area (Å²) in [6.07, 6.45) is 9.29. The fourth-order valence-corrected chi connectivity index (χ4v) is 2.49. The lowest BCUT2D eigenvalue weighted by Crippen LogP contribution is -2.28. The number of halogens is 1. The van der Waals surface area contributed by atoms with Crippen LogP contribution in [0.2, 0.25) is 0 Å². The van der Waals surface area contributed by atoms with Gasteiger partial charge in [0.1, 0.15) is 0 Å². The number of allylic oxidation sites excluding steroid dienone is 2. The molecule has 1 aliphatic rings. The minimum absolute atomic E-state index is 0.601. The average Bonchev–Trinajstić information content (AvgIpc) is 2.34. The topological polar surface area (TPSA) is 40.5 Å². The van der Waals surface area contributed by atoms with E-state index in [1.807, 2.05) is 6.08 Å². The van der Waals surface area contributed by atoms with E-state index in [9.17, 15) is 4.79 Å². The largest absolute Gasteiger partial charge is 0.465 e. The first-order valence-electron chi connectivity index (χ1n) is 6.30. The first-order chi connectivity index (χ1) is 8.13. The quantitative estimate of drug-likeness (QED) is 0.606. The second kappa shape index (κ2) is 7.59. The number of alkyl halides is 1. The summed E-state index contributed by atoms with van der Waals surface area (Å²) in [5.41, 5.74) is 0. The molecule has 0 aromatic rings. The molecule has 1 rings (SSSR count). The van der Waals surface area contributed by atoms with E-state index in [1.54, 1.807) is 7.05 Å². The molecule has 0 heterocycles. The van der Waals surface area contributed by atoms with Crippen molar-refractivity contribution in [1.29, 1.82) is 0 Å². The fourth-order valence-electron chi connectivity index (χ4n) is 2.39. The van der Waals surface area contributed by atoms with E-state index in [4.69, 9.17) is 16.7 Å². The molecule has 1 saturated carbocycles. The van der Waals surface area contributed by atoms with Gasteiger partial charge in [-0.3, -0.25) is 0 Å². The third-order valence-corrected chi connectivity index (χ3v) is 3.77. The number of carbonyl (C=O) groups is 1. The van der Waals surface area contributed by atoms with E-state index in [0.717, 1.165) is 6.42 Å². The first-order valence-corrected chi connectivity index (χ1v) is 6.83. The van der Waals surface area contributed by atoms with Gasteiger partial charge in [-0.05, 0) is 43.9 Å². The summed E-state index contributed by atoms with van der Waals surface area (Å²) in [6, 6.07) is 0. The van der Waals surface area contributed by atoms with Crippen molar-refractivity contribution in [3.05, 3.63) is 12.2 Å². The Hall–Kier alpha value is -0.700. The van der Waals surface area contributed by atoms with Gasteiger partial charge >= 0.3 is 6.09 Å². The van der Waals surface area contributed by atoms with Crippen LogP contribution in [0.3, 0.4) is 0 Å². The Morgan fingerprint density at radius 2 is 2.06 bits per heavy atom. The van der Waals surface area contributed by atoms with Crippen LogP contribution in [0.15, 0.2) is 12.2 Å². The number of rotatable bonds is 5. The molecule has 1 amide bonds. The first kappa shape index (κ1) is 14.4. The van der Waals surface area contributed by atoms with Gasteiger partial charge in [0.25, 0.3) is 0 Å². The molecule has 0 atom stereocenters. The van der Waals surface area contributed by atoms with Crippen molar-refractivity contribution in [1.82, 2.24) is 4.90 Å². The maximum atomic E-state index is 10.6. The molecule has 0 aliphatic heterocycles. The van der Waals surface area contributed by atoms with Crippen molar-refractivity contribution in [3.63, 3.8) is 0 Å². The highest BCUT2D eigenvalue weighted by molar-refractivity contribution is 6.18. The lowest BCUT2D eigenvalue weighted by Gasteiger charge is -2.27. The van der Waals surface area contributed by atoms with Gasteiger partial charge in [0.2, 0.25) is 0 Å². The van der Waals surface area contributed by atoms with E-state index in [2.05, 4.69) is 6.08 Å². The molecule has 17 heavy (non-hydrogen) atoms. The Morgan fingerprint density at radius 3 is 2.59 bits per heavy atom. The Labute approximate surface area is 108 Å². The molecule has 0 unspecified atom stereocenters. The van der Waals surface area contributed by atoms with Crippen molar-refractivity contribution in [2.45, 2.75) is 32.1 Å². The van der Waals surface area contributed by atoms with Gasteiger partial charge in [-0.1, -0.05) is 12.2 Å². The third kappa shape index (κ3) is 5.44. The van der Waals surface area contributed by atoms with Gasteiger partial charge in [-0.2, -0.15) is 0 Å². The van der Waals surface area contributed by atoms with Crippen LogP contribution in [0.25, 0.3) is 0 Å². The summed E-state index contributed by atoms with van der Waals surface area (Å²) in [6.45, 7) is 0.655. The highest BCUT2D eigenvalue weighted by Crippen LogP contribution is 2.31. The molecule has 98 valence electrons. The van der Waals surface area contributed by atoms with Crippen molar-refractivity contribution >= 4 is 17.7 Å². The second-order valence-corrected chi connectivity index (χ2v) is 5.16. The van der Waals surface area contributed by atoms with Gasteiger partial charge < -0.3 is 10.0 Å². The van der Waals surface area contributed by atoms with E-state index >= 15 is 0 Å². The maximum Gasteiger partial charge on any atom is 0.407 e. The maximum absolute atomic E-state index is 10.6. The van der Waals surface area contributed by atoms with Crippen LogP contribution in [0, 0.1) is 11.8 Å². The van der Waals surface area contributed by atoms with Crippen LogP contribution < -0.4 is 0 Å². The number of amides is 1. The van der Waals surface area contributed by atoms with Gasteiger partial charge in [-0.25, -0.2) is 4.79 Å². The summed E-state index contributed by atoms with van der Waals surface area (Å²) >= 11 is 5.62. The summed E-state index contributed by atoms with van der Waals surface area (Å²) in [4.78, 5) is 12.0. The molecule has 1 aliphatic carbocycles. The molecule has 0 aromatic heterocycles. The zero-order valence-corrected chi connectivity index (χ0v) is 11.2. The normalized spacial score (nSPS) is 25.1. The molecule has 3 nitrogen and oxygen atoms in total. The number of nitrogens with zero attached hydrogens (tertiary/aromatic N) is 1. The molecule has 0 saturated heterocycles. The zero-order valence-electron chi connectivity index (χ0n) is 10.4. The fraction of sp³-hybridized carbons (Fsp3) is 0.769. The summed E-state index contributed by atoms with van der Waals surface area (Å²) < 4.78 is 0. The van der Waals surface area contributed by atoms with E-state index < -0.39 is 6.09 Å². The van der Waals surface area contributed by atoms with Crippen LogP contribution in [0.4, 0.5) is 4.79 Å². The highest BCUT2D eigenvalue weighted by Gasteiger charge is 2.20. The molecule has 0 bridgehead atoms. The molecule has 1 fully saturated rings. The molecule has 0 radical (unpaired) electrons. The predicted molar refractivity (Wildman–Crippen MR) is 70.6 cm³/mol. The molecule has 0 spiro atoms. The molecular formula is C13H22ClNO2. The minimum Gasteiger partial charge on any atom is -0.465 e. The van der Waals surface area contributed by atoms with E-state index in [0.29, 0.717) is 24.3 Å². The number of hydrogen-bond acceptors (Lipinski definition) is 1. The summed E-state index contributed by atoms with van der Waals surface area (Å²) in [5.74, 6) is 1.98. The van der Waals surface area contributed by atoms with Crippen LogP contribution in [-0.2, 0) is 0 Å². The van der Waals surface area contributed by atoms with Crippen LogP contribution in [0.1, 0.15) is 32.1 Å². The summed E-state index contributed by atoms with van der Waals surface area (Å²) in [7, 11) is 1.64. The van der Waals surface area contributed by atoms with Gasteiger partial charge in [0.15, 0.2) is 0 Å². The predicted octanol–water partition coefficient (Wildman–Crippen LogP) is 3.59. The SMILES string of the molecule is CN(CCC1CCC(C=CCCl)CC1)C(=O)O. The van der Waals surface area contributed by atoms with Crippen LogP contribution >= 0.6 is 11.6 Å². The Balaban J connectivity index is 2.19. The van der Waals surface area contributed by atoms with Crippen LogP contribution in [0.5, 0.6) is 0 Å². The highest BCUT2D eigenvalue weighted by atomic mass is 35.5. The van der Waals surface area contributed by atoms with Crippen LogP contribution in [-0.4, -0.2) is 35.6 Å². The monoisotopic (exact) mass is 259 g/mol. The van der Waals surface area contributed by atoms with Gasteiger partial charge in [0.05, 0.1) is 0 Å². The lowest BCUT2D eigenvalue weighted by atomic mass is 9.80. The molecule has 0 aromatic carbocycles. The Bertz CT molecular complexity index is 260. The van der Waals surface area contributed by atoms with Gasteiger partial charge in [-0.15, -0.1) is 11.6 Å². The Morgan fingerprint density at radius 1 is 1.41 bits per heavy atom. The Kier molecular flexibility index (Phi) is 6.41. The minimum atomic E-state index is -0.830. The van der Waals surface area contributed by atoms with Crippen molar-refractivity contribution in [3.8, 4) is 0 Å². The third-order valence-electron chi connectivity index (χ3n) is 3.59. The van der Waals surface area contributed by atoms with Gasteiger partial charge in [0, 0.05) is 19.5 Å².